The Hall–Kier alpha value is -1.13. The van der Waals surface area contributed by atoms with Gasteiger partial charge in [0.05, 0.1) is 13.7 Å². The van der Waals surface area contributed by atoms with Gasteiger partial charge in [0.25, 0.3) is 0 Å². The lowest BCUT2D eigenvalue weighted by Crippen LogP contribution is -2.33. The monoisotopic (exact) mass is 255 g/mol. The normalized spacial score (nSPS) is 12.4. The molecule has 0 saturated heterocycles. The second-order valence-electron chi connectivity index (χ2n) is 4.18. The number of hydrogen-bond acceptors (Lipinski definition) is 3. The lowest BCUT2D eigenvalue weighted by molar-refractivity contribution is 0.163. The van der Waals surface area contributed by atoms with Gasteiger partial charge in [-0.25, -0.2) is 4.39 Å². The number of methoxy groups -OCH3 is 2. The van der Waals surface area contributed by atoms with E-state index in [-0.39, 0.29) is 11.9 Å². The Morgan fingerprint density at radius 1 is 1.33 bits per heavy atom. The number of nitrogens with one attached hydrogen (secondary N) is 1. The minimum absolute atomic E-state index is 0.255. The fourth-order valence-electron chi connectivity index (χ4n) is 1.97. The summed E-state index contributed by atoms with van der Waals surface area (Å²) < 4.78 is 24.0. The van der Waals surface area contributed by atoms with Crippen molar-refractivity contribution in [1.29, 1.82) is 0 Å². The van der Waals surface area contributed by atoms with Crippen molar-refractivity contribution in [1.82, 2.24) is 5.32 Å². The molecule has 1 unspecified atom stereocenters. The van der Waals surface area contributed by atoms with E-state index in [4.69, 9.17) is 9.47 Å². The van der Waals surface area contributed by atoms with Gasteiger partial charge in [-0.1, -0.05) is 19.1 Å². The molecule has 0 aliphatic rings. The van der Waals surface area contributed by atoms with Crippen LogP contribution in [-0.2, 0) is 11.2 Å². The molecule has 1 rings (SSSR count). The summed E-state index contributed by atoms with van der Waals surface area (Å²) in [4.78, 5) is 0. The molecule has 0 bridgehead atoms. The Morgan fingerprint density at radius 2 is 2.11 bits per heavy atom. The summed E-state index contributed by atoms with van der Waals surface area (Å²) in [6, 6.07) is 5.50. The first-order valence-corrected chi connectivity index (χ1v) is 6.26. The van der Waals surface area contributed by atoms with Gasteiger partial charge in [-0.05, 0) is 31.0 Å². The SMILES string of the molecule is CCNC(CCc1cccc(OC)c1F)COC. The van der Waals surface area contributed by atoms with Crippen molar-refractivity contribution in [3.05, 3.63) is 29.6 Å². The van der Waals surface area contributed by atoms with E-state index in [1.807, 2.05) is 6.07 Å². The second-order valence-corrected chi connectivity index (χ2v) is 4.18. The van der Waals surface area contributed by atoms with Crippen LogP contribution in [0.25, 0.3) is 0 Å². The summed E-state index contributed by atoms with van der Waals surface area (Å²) in [6.45, 7) is 3.57. The van der Waals surface area contributed by atoms with Crippen LogP contribution in [0, 0.1) is 5.82 Å². The molecule has 102 valence electrons. The summed E-state index contributed by atoms with van der Waals surface area (Å²) in [5.74, 6) is 0.0481. The summed E-state index contributed by atoms with van der Waals surface area (Å²) in [5, 5.41) is 3.32. The van der Waals surface area contributed by atoms with Crippen LogP contribution in [0.15, 0.2) is 18.2 Å². The average Bonchev–Trinajstić information content (AvgIpc) is 2.38. The highest BCUT2D eigenvalue weighted by Crippen LogP contribution is 2.21. The molecule has 0 amide bonds. The van der Waals surface area contributed by atoms with Crippen molar-refractivity contribution >= 4 is 0 Å². The highest BCUT2D eigenvalue weighted by Gasteiger charge is 2.11. The summed E-state index contributed by atoms with van der Waals surface area (Å²) >= 11 is 0. The Bertz CT molecular complexity index is 352. The van der Waals surface area contributed by atoms with E-state index in [1.54, 1.807) is 19.2 Å². The van der Waals surface area contributed by atoms with Crippen LogP contribution in [0.3, 0.4) is 0 Å². The maximum absolute atomic E-state index is 13.9. The summed E-state index contributed by atoms with van der Waals surface area (Å²) in [7, 11) is 3.16. The molecule has 0 aliphatic heterocycles. The third-order valence-electron chi connectivity index (χ3n) is 2.89. The Kier molecular flexibility index (Phi) is 6.68. The molecule has 0 heterocycles. The van der Waals surface area contributed by atoms with Crippen molar-refractivity contribution in [2.75, 3.05) is 27.4 Å². The summed E-state index contributed by atoms with van der Waals surface area (Å²) in [6.07, 6.45) is 1.51. The maximum atomic E-state index is 13.9. The first-order valence-electron chi connectivity index (χ1n) is 6.26. The largest absolute Gasteiger partial charge is 0.494 e. The molecule has 0 fully saturated rings. The maximum Gasteiger partial charge on any atom is 0.168 e. The van der Waals surface area contributed by atoms with Crippen LogP contribution < -0.4 is 10.1 Å². The van der Waals surface area contributed by atoms with E-state index in [2.05, 4.69) is 12.2 Å². The van der Waals surface area contributed by atoms with Crippen LogP contribution in [0.2, 0.25) is 0 Å². The summed E-state index contributed by atoms with van der Waals surface area (Å²) in [5.41, 5.74) is 0.688. The Morgan fingerprint density at radius 3 is 2.72 bits per heavy atom. The van der Waals surface area contributed by atoms with Crippen molar-refractivity contribution in [2.45, 2.75) is 25.8 Å². The number of hydrogen-bond donors (Lipinski definition) is 1. The predicted molar refractivity (Wildman–Crippen MR) is 70.6 cm³/mol. The first-order chi connectivity index (χ1) is 8.72. The third kappa shape index (κ3) is 4.27. The number of aryl methyl sites for hydroxylation is 1. The molecule has 0 saturated carbocycles. The van der Waals surface area contributed by atoms with Gasteiger partial charge in [-0.3, -0.25) is 0 Å². The predicted octanol–water partition coefficient (Wildman–Crippen LogP) is 2.39. The topological polar surface area (TPSA) is 30.5 Å². The number of likely N-dealkylation sites (N-methyl/N-ethyl adjacent to an activating group) is 1. The highest BCUT2D eigenvalue weighted by molar-refractivity contribution is 5.31. The van der Waals surface area contributed by atoms with Crippen molar-refractivity contribution in [3.8, 4) is 5.75 Å². The van der Waals surface area contributed by atoms with Gasteiger partial charge < -0.3 is 14.8 Å². The zero-order valence-corrected chi connectivity index (χ0v) is 11.3. The first kappa shape index (κ1) is 14.9. The molecular weight excluding hydrogens is 233 g/mol. The highest BCUT2D eigenvalue weighted by atomic mass is 19.1. The zero-order valence-electron chi connectivity index (χ0n) is 11.3. The molecule has 3 nitrogen and oxygen atoms in total. The van der Waals surface area contributed by atoms with Gasteiger partial charge >= 0.3 is 0 Å². The standard InChI is InChI=1S/C14H22FNO2/c1-4-16-12(10-17-2)9-8-11-6-5-7-13(18-3)14(11)15/h5-7,12,16H,4,8-10H2,1-3H3. The number of benzene rings is 1. The van der Waals surface area contributed by atoms with Crippen LogP contribution in [0.1, 0.15) is 18.9 Å². The molecule has 0 radical (unpaired) electrons. The van der Waals surface area contributed by atoms with Gasteiger partial charge in [0.2, 0.25) is 0 Å². The molecule has 1 atom stereocenters. The lowest BCUT2D eigenvalue weighted by atomic mass is 10.0. The molecule has 1 N–H and O–H groups in total. The molecule has 0 aliphatic carbocycles. The zero-order chi connectivity index (χ0) is 13.4. The fraction of sp³-hybridized carbons (Fsp3) is 0.571. The quantitative estimate of drug-likeness (QED) is 0.773. The average molecular weight is 255 g/mol. The van der Waals surface area contributed by atoms with Crippen molar-refractivity contribution in [3.63, 3.8) is 0 Å². The molecule has 0 aromatic heterocycles. The second kappa shape index (κ2) is 8.06. The van der Waals surface area contributed by atoms with Crippen molar-refractivity contribution < 1.29 is 13.9 Å². The van der Waals surface area contributed by atoms with Gasteiger partial charge in [-0.2, -0.15) is 0 Å². The van der Waals surface area contributed by atoms with E-state index in [0.29, 0.717) is 24.3 Å². The smallest absolute Gasteiger partial charge is 0.168 e. The third-order valence-corrected chi connectivity index (χ3v) is 2.89. The van der Waals surface area contributed by atoms with E-state index < -0.39 is 0 Å². The van der Waals surface area contributed by atoms with E-state index in [1.165, 1.54) is 7.11 Å². The van der Waals surface area contributed by atoms with E-state index >= 15 is 0 Å². The minimum Gasteiger partial charge on any atom is -0.494 e. The van der Waals surface area contributed by atoms with Gasteiger partial charge in [0, 0.05) is 13.2 Å². The van der Waals surface area contributed by atoms with E-state index in [0.717, 1.165) is 13.0 Å². The molecule has 4 heteroatoms. The van der Waals surface area contributed by atoms with Gasteiger partial charge in [0.1, 0.15) is 0 Å². The minimum atomic E-state index is -0.257. The number of halogens is 1. The number of ether oxygens (including phenoxy) is 2. The Balaban J connectivity index is 2.61. The van der Waals surface area contributed by atoms with Crippen LogP contribution in [0.5, 0.6) is 5.75 Å². The Labute approximate surface area is 108 Å². The molecule has 0 spiro atoms. The molecule has 18 heavy (non-hydrogen) atoms. The lowest BCUT2D eigenvalue weighted by Gasteiger charge is -2.17. The fourth-order valence-corrected chi connectivity index (χ4v) is 1.97. The van der Waals surface area contributed by atoms with Crippen LogP contribution >= 0.6 is 0 Å². The molecule has 1 aromatic rings. The van der Waals surface area contributed by atoms with Gasteiger partial charge in [-0.15, -0.1) is 0 Å². The van der Waals surface area contributed by atoms with Crippen LogP contribution in [0.4, 0.5) is 4.39 Å². The van der Waals surface area contributed by atoms with Crippen molar-refractivity contribution in [2.24, 2.45) is 0 Å². The number of rotatable bonds is 8. The van der Waals surface area contributed by atoms with E-state index in [9.17, 15) is 4.39 Å². The van der Waals surface area contributed by atoms with Gasteiger partial charge in [0.15, 0.2) is 11.6 Å². The molecule has 1 aromatic carbocycles. The van der Waals surface area contributed by atoms with Crippen LogP contribution in [-0.4, -0.2) is 33.4 Å². The molecular formula is C14H22FNO2.